The van der Waals surface area contributed by atoms with E-state index in [2.05, 4.69) is 0 Å². The van der Waals surface area contributed by atoms with Crippen LogP contribution in [0.25, 0.3) is 0 Å². The number of nitrogens with zero attached hydrogens (tertiary/aromatic N) is 2. The number of ether oxygens (including phenoxy) is 1. The van der Waals surface area contributed by atoms with Crippen molar-refractivity contribution in [3.05, 3.63) is 28.8 Å². The standard InChI is InChI=1S/C11H9ClN2O/c1-15-11-3-2-10(12)5-9(11)4-8(6-13)7-14/h2-3,5,8H,4H2,1H3. The smallest absolute Gasteiger partial charge is 0.137 e. The van der Waals surface area contributed by atoms with Gasteiger partial charge in [0.2, 0.25) is 0 Å². The lowest BCUT2D eigenvalue weighted by atomic mass is 10.0. The number of rotatable bonds is 3. The van der Waals surface area contributed by atoms with Crippen LogP contribution in [0.15, 0.2) is 18.2 Å². The molecule has 1 aromatic carbocycles. The first kappa shape index (κ1) is 11.4. The fraction of sp³-hybridized carbons (Fsp3) is 0.273. The van der Waals surface area contributed by atoms with Gasteiger partial charge in [-0.2, -0.15) is 10.5 Å². The first-order valence-electron chi connectivity index (χ1n) is 4.33. The molecule has 0 saturated heterocycles. The van der Waals surface area contributed by atoms with Crippen LogP contribution in [0.3, 0.4) is 0 Å². The number of halogens is 1. The van der Waals surface area contributed by atoms with E-state index in [9.17, 15) is 0 Å². The summed E-state index contributed by atoms with van der Waals surface area (Å²) in [4.78, 5) is 0. The summed E-state index contributed by atoms with van der Waals surface area (Å²) in [6.45, 7) is 0. The average molecular weight is 221 g/mol. The Hall–Kier alpha value is -1.71. The molecule has 0 aliphatic heterocycles. The second-order valence-corrected chi connectivity index (χ2v) is 3.41. The fourth-order valence-electron chi connectivity index (χ4n) is 1.25. The van der Waals surface area contributed by atoms with E-state index in [0.29, 0.717) is 17.2 Å². The van der Waals surface area contributed by atoms with Gasteiger partial charge in [-0.05, 0) is 23.8 Å². The normalized spacial score (nSPS) is 9.40. The summed E-state index contributed by atoms with van der Waals surface area (Å²) in [5.74, 6) is -0.0210. The van der Waals surface area contributed by atoms with Gasteiger partial charge in [0.05, 0.1) is 19.2 Å². The Morgan fingerprint density at radius 3 is 2.60 bits per heavy atom. The maximum Gasteiger partial charge on any atom is 0.137 e. The van der Waals surface area contributed by atoms with Crippen molar-refractivity contribution in [3.63, 3.8) is 0 Å². The van der Waals surface area contributed by atoms with Crippen LogP contribution in [0.4, 0.5) is 0 Å². The Labute approximate surface area is 93.5 Å². The van der Waals surface area contributed by atoms with Crippen molar-refractivity contribution in [2.45, 2.75) is 6.42 Å². The van der Waals surface area contributed by atoms with E-state index in [1.807, 2.05) is 12.1 Å². The van der Waals surface area contributed by atoms with Gasteiger partial charge in [0.15, 0.2) is 0 Å². The third-order valence-electron chi connectivity index (χ3n) is 1.98. The highest BCUT2D eigenvalue weighted by Crippen LogP contribution is 2.24. The SMILES string of the molecule is COc1ccc(Cl)cc1CC(C#N)C#N. The van der Waals surface area contributed by atoms with E-state index < -0.39 is 5.92 Å². The van der Waals surface area contributed by atoms with Crippen molar-refractivity contribution in [2.24, 2.45) is 5.92 Å². The molecule has 0 aliphatic rings. The Morgan fingerprint density at radius 1 is 1.40 bits per heavy atom. The first-order chi connectivity index (χ1) is 7.21. The number of benzene rings is 1. The first-order valence-corrected chi connectivity index (χ1v) is 4.70. The third kappa shape index (κ3) is 2.87. The third-order valence-corrected chi connectivity index (χ3v) is 2.21. The summed E-state index contributed by atoms with van der Waals surface area (Å²) >= 11 is 5.82. The number of methoxy groups -OCH3 is 1. The van der Waals surface area contributed by atoms with Gasteiger partial charge in [-0.15, -0.1) is 0 Å². The summed E-state index contributed by atoms with van der Waals surface area (Å²) in [5.41, 5.74) is 0.776. The van der Waals surface area contributed by atoms with Crippen LogP contribution in [-0.4, -0.2) is 7.11 Å². The molecule has 0 bridgehead atoms. The Morgan fingerprint density at radius 2 is 2.07 bits per heavy atom. The van der Waals surface area contributed by atoms with Gasteiger partial charge in [-0.3, -0.25) is 0 Å². The van der Waals surface area contributed by atoms with Crippen molar-refractivity contribution >= 4 is 11.6 Å². The molecule has 0 heterocycles. The maximum atomic E-state index is 8.67. The Bertz CT molecular complexity index is 417. The molecule has 0 radical (unpaired) electrons. The Kier molecular flexibility index (Phi) is 3.97. The summed E-state index contributed by atoms with van der Waals surface area (Å²) in [6, 6.07) is 8.96. The van der Waals surface area contributed by atoms with Crippen molar-refractivity contribution in [3.8, 4) is 17.9 Å². The summed E-state index contributed by atoms with van der Waals surface area (Å²) in [7, 11) is 1.54. The van der Waals surface area contributed by atoms with E-state index >= 15 is 0 Å². The quantitative estimate of drug-likeness (QED) is 0.787. The Balaban J connectivity index is 2.98. The van der Waals surface area contributed by atoms with Gasteiger partial charge >= 0.3 is 0 Å². The molecule has 0 spiro atoms. The lowest BCUT2D eigenvalue weighted by Crippen LogP contribution is -2.00. The van der Waals surface area contributed by atoms with E-state index in [0.717, 1.165) is 5.56 Å². The second kappa shape index (κ2) is 5.24. The second-order valence-electron chi connectivity index (χ2n) is 2.97. The molecular formula is C11H9ClN2O. The van der Waals surface area contributed by atoms with Crippen molar-refractivity contribution in [1.29, 1.82) is 10.5 Å². The van der Waals surface area contributed by atoms with Gasteiger partial charge in [0.1, 0.15) is 11.7 Å². The zero-order chi connectivity index (χ0) is 11.3. The van der Waals surface area contributed by atoms with Crippen LogP contribution in [0.1, 0.15) is 5.56 Å². The predicted octanol–water partition coefficient (Wildman–Crippen LogP) is 2.55. The van der Waals surface area contributed by atoms with Crippen molar-refractivity contribution in [2.75, 3.05) is 7.11 Å². The molecule has 3 nitrogen and oxygen atoms in total. The average Bonchev–Trinajstić information content (AvgIpc) is 2.26. The van der Waals surface area contributed by atoms with Gasteiger partial charge in [-0.1, -0.05) is 11.6 Å². The minimum atomic E-state index is -0.669. The molecule has 0 amide bonds. The molecule has 0 aliphatic carbocycles. The minimum absolute atomic E-state index is 0.330. The molecule has 15 heavy (non-hydrogen) atoms. The van der Waals surface area contributed by atoms with Gasteiger partial charge < -0.3 is 4.74 Å². The van der Waals surface area contributed by atoms with E-state index in [4.69, 9.17) is 26.9 Å². The molecule has 4 heteroatoms. The molecule has 76 valence electrons. The highest BCUT2D eigenvalue weighted by molar-refractivity contribution is 6.30. The molecule has 0 fully saturated rings. The van der Waals surface area contributed by atoms with E-state index in [-0.39, 0.29) is 0 Å². The molecule has 0 unspecified atom stereocenters. The molecular weight excluding hydrogens is 212 g/mol. The number of hydrogen-bond acceptors (Lipinski definition) is 3. The summed E-state index contributed by atoms with van der Waals surface area (Å²) in [5, 5.41) is 17.9. The highest BCUT2D eigenvalue weighted by atomic mass is 35.5. The topological polar surface area (TPSA) is 56.8 Å². The van der Waals surface area contributed by atoms with Crippen LogP contribution < -0.4 is 4.74 Å². The molecule has 0 atom stereocenters. The van der Waals surface area contributed by atoms with Crippen LogP contribution >= 0.6 is 11.6 Å². The van der Waals surface area contributed by atoms with Crippen LogP contribution in [-0.2, 0) is 6.42 Å². The summed E-state index contributed by atoms with van der Waals surface area (Å²) in [6.07, 6.45) is 0.330. The number of hydrogen-bond donors (Lipinski definition) is 0. The van der Waals surface area contributed by atoms with Crippen LogP contribution in [0.5, 0.6) is 5.75 Å². The summed E-state index contributed by atoms with van der Waals surface area (Å²) < 4.78 is 5.11. The molecule has 0 N–H and O–H groups in total. The van der Waals surface area contributed by atoms with Gasteiger partial charge in [-0.25, -0.2) is 0 Å². The minimum Gasteiger partial charge on any atom is -0.496 e. The maximum absolute atomic E-state index is 8.67. The molecule has 1 rings (SSSR count). The zero-order valence-corrected chi connectivity index (χ0v) is 8.95. The van der Waals surface area contributed by atoms with Crippen molar-refractivity contribution in [1.82, 2.24) is 0 Å². The fourth-order valence-corrected chi connectivity index (χ4v) is 1.44. The van der Waals surface area contributed by atoms with E-state index in [1.165, 1.54) is 0 Å². The van der Waals surface area contributed by atoms with Crippen molar-refractivity contribution < 1.29 is 4.74 Å². The highest BCUT2D eigenvalue weighted by Gasteiger charge is 2.11. The largest absolute Gasteiger partial charge is 0.496 e. The number of nitriles is 2. The van der Waals surface area contributed by atoms with Gasteiger partial charge in [0.25, 0.3) is 0 Å². The molecule has 0 aromatic heterocycles. The van der Waals surface area contributed by atoms with Crippen LogP contribution in [0, 0.1) is 28.6 Å². The monoisotopic (exact) mass is 220 g/mol. The predicted molar refractivity (Wildman–Crippen MR) is 56.4 cm³/mol. The lowest BCUT2D eigenvalue weighted by Gasteiger charge is -2.08. The lowest BCUT2D eigenvalue weighted by molar-refractivity contribution is 0.409. The molecule has 1 aromatic rings. The zero-order valence-electron chi connectivity index (χ0n) is 8.20. The molecule has 0 saturated carbocycles. The van der Waals surface area contributed by atoms with E-state index in [1.54, 1.807) is 25.3 Å². The van der Waals surface area contributed by atoms with Crippen LogP contribution in [0.2, 0.25) is 5.02 Å². The van der Waals surface area contributed by atoms with Gasteiger partial charge in [0, 0.05) is 11.4 Å².